The number of amides is 1. The summed E-state index contributed by atoms with van der Waals surface area (Å²) in [6.07, 6.45) is 2.82. The van der Waals surface area contributed by atoms with E-state index in [1.807, 2.05) is 6.92 Å². The van der Waals surface area contributed by atoms with Gasteiger partial charge in [0.25, 0.3) is 5.91 Å². The van der Waals surface area contributed by atoms with Gasteiger partial charge in [0.1, 0.15) is 0 Å². The highest BCUT2D eigenvalue weighted by Gasteiger charge is 2.30. The number of rotatable bonds is 9. The Hall–Kier alpha value is -1.48. The topological polar surface area (TPSA) is 84.9 Å². The van der Waals surface area contributed by atoms with Crippen molar-refractivity contribution in [1.29, 1.82) is 0 Å². The first kappa shape index (κ1) is 20.8. The van der Waals surface area contributed by atoms with E-state index in [2.05, 4.69) is 5.32 Å². The highest BCUT2D eigenvalue weighted by molar-refractivity contribution is 7.89. The van der Waals surface area contributed by atoms with E-state index in [9.17, 15) is 13.2 Å². The van der Waals surface area contributed by atoms with E-state index in [-0.39, 0.29) is 16.8 Å². The fourth-order valence-electron chi connectivity index (χ4n) is 2.93. The first-order chi connectivity index (χ1) is 12.5. The van der Waals surface area contributed by atoms with Crippen molar-refractivity contribution < 1.29 is 22.7 Å². The number of hydrogen-bond acceptors (Lipinski definition) is 5. The summed E-state index contributed by atoms with van der Waals surface area (Å²) in [5.41, 5.74) is 0.424. The van der Waals surface area contributed by atoms with E-state index < -0.39 is 10.0 Å². The molecule has 1 N–H and O–H groups in total. The summed E-state index contributed by atoms with van der Waals surface area (Å²) in [6, 6.07) is 6.10. The molecule has 0 bridgehead atoms. The molecular weight excluding hydrogens is 356 g/mol. The van der Waals surface area contributed by atoms with E-state index >= 15 is 0 Å². The second-order valence-corrected chi connectivity index (χ2v) is 8.24. The molecule has 0 saturated carbocycles. The van der Waals surface area contributed by atoms with Crippen LogP contribution in [-0.4, -0.2) is 64.7 Å². The van der Waals surface area contributed by atoms with Gasteiger partial charge in [-0.2, -0.15) is 4.31 Å². The molecule has 146 valence electrons. The van der Waals surface area contributed by atoms with Gasteiger partial charge in [0.2, 0.25) is 10.0 Å². The van der Waals surface area contributed by atoms with Crippen LogP contribution in [0.3, 0.4) is 0 Å². The van der Waals surface area contributed by atoms with Crippen molar-refractivity contribution in [3.05, 3.63) is 29.8 Å². The van der Waals surface area contributed by atoms with Gasteiger partial charge in [-0.15, -0.1) is 0 Å². The van der Waals surface area contributed by atoms with Gasteiger partial charge in [0, 0.05) is 31.8 Å². The maximum absolute atomic E-state index is 12.8. The van der Waals surface area contributed by atoms with Crippen molar-refractivity contribution in [3.63, 3.8) is 0 Å². The number of hydrogen-bond donors (Lipinski definition) is 1. The summed E-state index contributed by atoms with van der Waals surface area (Å²) in [5.74, 6) is -0.254. The number of nitrogens with one attached hydrogen (secondary N) is 1. The Bertz CT molecular complexity index is 675. The second kappa shape index (κ2) is 10.0. The van der Waals surface area contributed by atoms with Crippen molar-refractivity contribution in [2.75, 3.05) is 40.0 Å². The minimum Gasteiger partial charge on any atom is -0.382 e. The first-order valence-corrected chi connectivity index (χ1v) is 10.4. The average molecular weight is 384 g/mol. The molecule has 8 heteroatoms. The third-order valence-electron chi connectivity index (χ3n) is 4.43. The van der Waals surface area contributed by atoms with Crippen molar-refractivity contribution in [2.45, 2.75) is 37.1 Å². The van der Waals surface area contributed by atoms with E-state index in [1.54, 1.807) is 23.5 Å². The minimum atomic E-state index is -3.51. The number of sulfonamides is 1. The van der Waals surface area contributed by atoms with Gasteiger partial charge in [-0.05, 0) is 44.0 Å². The molecule has 1 atom stereocenters. The molecule has 0 aromatic heterocycles. The molecule has 1 amide bonds. The molecule has 1 saturated heterocycles. The van der Waals surface area contributed by atoms with Crippen molar-refractivity contribution in [1.82, 2.24) is 9.62 Å². The Balaban J connectivity index is 1.91. The smallest absolute Gasteiger partial charge is 0.251 e. The number of nitrogens with zero attached hydrogens (tertiary/aromatic N) is 1. The summed E-state index contributed by atoms with van der Waals surface area (Å²) in [4.78, 5) is 12.3. The van der Waals surface area contributed by atoms with Crippen LogP contribution in [0.15, 0.2) is 29.2 Å². The van der Waals surface area contributed by atoms with Gasteiger partial charge in [0.05, 0.1) is 24.7 Å². The molecule has 0 radical (unpaired) electrons. The van der Waals surface area contributed by atoms with Gasteiger partial charge >= 0.3 is 0 Å². The average Bonchev–Trinajstić information content (AvgIpc) is 2.64. The summed E-state index contributed by atoms with van der Waals surface area (Å²) >= 11 is 0. The molecule has 1 aliphatic heterocycles. The number of benzene rings is 1. The van der Waals surface area contributed by atoms with Crippen LogP contribution in [0, 0.1) is 0 Å². The van der Waals surface area contributed by atoms with Gasteiger partial charge in [-0.25, -0.2) is 8.42 Å². The van der Waals surface area contributed by atoms with Crippen molar-refractivity contribution in [3.8, 4) is 0 Å². The summed E-state index contributed by atoms with van der Waals surface area (Å²) in [6.45, 7) is 4.26. The Morgan fingerprint density at radius 3 is 2.58 bits per heavy atom. The number of piperidine rings is 1. The van der Waals surface area contributed by atoms with E-state index in [1.165, 1.54) is 12.1 Å². The van der Waals surface area contributed by atoms with E-state index in [0.29, 0.717) is 38.5 Å². The van der Waals surface area contributed by atoms with Crippen LogP contribution in [-0.2, 0) is 19.5 Å². The molecule has 7 nitrogen and oxygen atoms in total. The Morgan fingerprint density at radius 1 is 1.19 bits per heavy atom. The summed E-state index contributed by atoms with van der Waals surface area (Å²) in [7, 11) is -1.92. The molecule has 1 aromatic rings. The SMILES string of the molecule is COCCOCCNC(=O)c1ccc(S(=O)(=O)N2CCCCC2C)cc1. The van der Waals surface area contributed by atoms with Crippen LogP contribution in [0.5, 0.6) is 0 Å². The zero-order valence-corrected chi connectivity index (χ0v) is 16.3. The third kappa shape index (κ3) is 5.51. The largest absolute Gasteiger partial charge is 0.382 e. The van der Waals surface area contributed by atoms with Gasteiger partial charge in [-0.1, -0.05) is 6.42 Å². The lowest BCUT2D eigenvalue weighted by molar-refractivity contribution is 0.0692. The zero-order valence-electron chi connectivity index (χ0n) is 15.4. The lowest BCUT2D eigenvalue weighted by Gasteiger charge is -2.32. The monoisotopic (exact) mass is 384 g/mol. The van der Waals surface area contributed by atoms with E-state index in [0.717, 1.165) is 19.3 Å². The number of carbonyl (C=O) groups excluding carboxylic acids is 1. The van der Waals surface area contributed by atoms with Gasteiger partial charge in [0.15, 0.2) is 0 Å². The Labute approximate surface area is 155 Å². The molecule has 1 aliphatic rings. The predicted molar refractivity (Wildman–Crippen MR) is 98.7 cm³/mol. The molecule has 1 aromatic carbocycles. The van der Waals surface area contributed by atoms with E-state index in [4.69, 9.17) is 9.47 Å². The Morgan fingerprint density at radius 2 is 1.92 bits per heavy atom. The van der Waals surface area contributed by atoms with Crippen LogP contribution in [0.2, 0.25) is 0 Å². The molecular formula is C18H28N2O5S. The van der Waals surface area contributed by atoms with Crippen LogP contribution in [0.25, 0.3) is 0 Å². The molecule has 1 fully saturated rings. The van der Waals surface area contributed by atoms with Crippen molar-refractivity contribution >= 4 is 15.9 Å². The van der Waals surface area contributed by atoms with Gasteiger partial charge in [-0.3, -0.25) is 4.79 Å². The molecule has 0 aliphatic carbocycles. The van der Waals surface area contributed by atoms with Crippen molar-refractivity contribution in [2.24, 2.45) is 0 Å². The fraction of sp³-hybridized carbons (Fsp3) is 0.611. The zero-order chi connectivity index (χ0) is 19.0. The van der Waals surface area contributed by atoms with Crippen LogP contribution in [0.4, 0.5) is 0 Å². The number of methoxy groups -OCH3 is 1. The second-order valence-electron chi connectivity index (χ2n) is 6.35. The molecule has 1 unspecified atom stereocenters. The lowest BCUT2D eigenvalue weighted by atomic mass is 10.1. The van der Waals surface area contributed by atoms with Crippen LogP contribution in [0.1, 0.15) is 36.5 Å². The third-order valence-corrected chi connectivity index (χ3v) is 6.46. The standard InChI is InChI=1S/C18H28N2O5S/c1-15-5-3-4-11-20(15)26(22,23)17-8-6-16(7-9-17)18(21)19-10-12-25-14-13-24-2/h6-9,15H,3-5,10-14H2,1-2H3,(H,19,21). The molecule has 26 heavy (non-hydrogen) atoms. The quantitative estimate of drug-likeness (QED) is 0.654. The van der Waals surface area contributed by atoms with Crippen LogP contribution < -0.4 is 5.32 Å². The predicted octanol–water partition coefficient (Wildman–Crippen LogP) is 1.64. The maximum Gasteiger partial charge on any atom is 0.251 e. The number of carbonyl (C=O) groups is 1. The summed E-state index contributed by atoms with van der Waals surface area (Å²) < 4.78 is 37.2. The first-order valence-electron chi connectivity index (χ1n) is 8.93. The highest BCUT2D eigenvalue weighted by atomic mass is 32.2. The number of ether oxygens (including phenoxy) is 2. The summed E-state index contributed by atoms with van der Waals surface area (Å²) in [5, 5.41) is 2.74. The normalized spacial score (nSPS) is 18.6. The minimum absolute atomic E-state index is 0.00910. The highest BCUT2D eigenvalue weighted by Crippen LogP contribution is 2.25. The maximum atomic E-state index is 12.8. The molecule has 0 spiro atoms. The molecule has 2 rings (SSSR count). The lowest BCUT2D eigenvalue weighted by Crippen LogP contribution is -2.41. The van der Waals surface area contributed by atoms with Crippen LogP contribution >= 0.6 is 0 Å². The fourth-order valence-corrected chi connectivity index (χ4v) is 4.63. The van der Waals surface area contributed by atoms with Gasteiger partial charge < -0.3 is 14.8 Å². The molecule has 1 heterocycles. The Kier molecular flexibility index (Phi) is 8.02.